The third kappa shape index (κ3) is 3.75. The number of rotatable bonds is 5. The average Bonchev–Trinajstić information content (AvgIpc) is 2.77. The molecule has 0 aliphatic carbocycles. The number of halogens is 2. The van der Waals surface area contributed by atoms with E-state index in [1.165, 1.54) is 18.5 Å². The van der Waals surface area contributed by atoms with Gasteiger partial charge in [-0.05, 0) is 18.2 Å². The molecule has 0 unspecified atom stereocenters. The van der Waals surface area contributed by atoms with Crippen LogP contribution in [-0.2, 0) is 29.4 Å². The summed E-state index contributed by atoms with van der Waals surface area (Å²) < 4.78 is 41.2. The normalized spacial score (nSPS) is 11.8. The second-order valence-corrected chi connectivity index (χ2v) is 6.42. The molecule has 1 aromatic heterocycles. The Morgan fingerprint density at radius 3 is 2.85 bits per heavy atom. The summed E-state index contributed by atoms with van der Waals surface area (Å²) in [6, 6.07) is 3.79. The van der Waals surface area contributed by atoms with Gasteiger partial charge in [0.2, 0.25) is 10.0 Å². The maximum absolute atomic E-state index is 13.5. The molecule has 0 bridgehead atoms. The fraction of sp³-hybridized carbons (Fsp3) is 0.273. The molecule has 0 aliphatic heterocycles. The van der Waals surface area contributed by atoms with E-state index in [0.717, 1.165) is 6.07 Å². The van der Waals surface area contributed by atoms with Crippen molar-refractivity contribution in [3.05, 3.63) is 46.8 Å². The molecule has 2 aromatic rings. The van der Waals surface area contributed by atoms with Gasteiger partial charge in [-0.3, -0.25) is 0 Å². The molecule has 0 amide bonds. The third-order valence-corrected chi connectivity index (χ3v) is 4.12. The lowest BCUT2D eigenvalue weighted by Gasteiger charge is -2.07. The van der Waals surface area contributed by atoms with Crippen LogP contribution in [0.3, 0.4) is 0 Å². The molecule has 20 heavy (non-hydrogen) atoms. The predicted octanol–water partition coefficient (Wildman–Crippen LogP) is 1.23. The van der Waals surface area contributed by atoms with Crippen LogP contribution in [0.1, 0.15) is 11.4 Å². The molecule has 0 radical (unpaired) electrons. The van der Waals surface area contributed by atoms with E-state index in [1.54, 1.807) is 11.6 Å². The van der Waals surface area contributed by atoms with Gasteiger partial charge in [-0.15, -0.1) is 10.2 Å². The number of aromatic nitrogens is 3. The highest BCUT2D eigenvalue weighted by atomic mass is 35.5. The Morgan fingerprint density at radius 2 is 2.20 bits per heavy atom. The van der Waals surface area contributed by atoms with Gasteiger partial charge < -0.3 is 4.57 Å². The number of nitrogens with one attached hydrogen (secondary N) is 1. The van der Waals surface area contributed by atoms with E-state index in [1.807, 2.05) is 0 Å². The fourth-order valence-electron chi connectivity index (χ4n) is 1.55. The molecule has 9 heteroatoms. The Hall–Kier alpha value is -1.51. The second kappa shape index (κ2) is 5.86. The van der Waals surface area contributed by atoms with Crippen molar-refractivity contribution in [2.45, 2.75) is 12.3 Å². The molecule has 6 nitrogen and oxygen atoms in total. The topological polar surface area (TPSA) is 76.9 Å². The van der Waals surface area contributed by atoms with Crippen molar-refractivity contribution >= 4 is 21.6 Å². The van der Waals surface area contributed by atoms with Gasteiger partial charge >= 0.3 is 0 Å². The molecule has 0 atom stereocenters. The van der Waals surface area contributed by atoms with Gasteiger partial charge in [0.1, 0.15) is 18.0 Å². The lowest BCUT2D eigenvalue weighted by Crippen LogP contribution is -2.26. The number of benzene rings is 1. The minimum Gasteiger partial charge on any atom is -0.320 e. The van der Waals surface area contributed by atoms with Crippen LogP contribution >= 0.6 is 11.6 Å². The van der Waals surface area contributed by atoms with E-state index in [9.17, 15) is 12.8 Å². The molecule has 0 aliphatic rings. The van der Waals surface area contributed by atoms with E-state index < -0.39 is 21.6 Å². The van der Waals surface area contributed by atoms with Crippen molar-refractivity contribution in [1.29, 1.82) is 0 Å². The minimum atomic E-state index is -3.70. The first-order valence-electron chi connectivity index (χ1n) is 5.61. The Labute approximate surface area is 120 Å². The Morgan fingerprint density at radius 1 is 1.45 bits per heavy atom. The lowest BCUT2D eigenvalue weighted by atomic mass is 10.2. The van der Waals surface area contributed by atoms with Gasteiger partial charge in [-0.2, -0.15) is 0 Å². The summed E-state index contributed by atoms with van der Waals surface area (Å²) in [5.74, 6) is -0.643. The summed E-state index contributed by atoms with van der Waals surface area (Å²) in [6.45, 7) is -0.0129. The molecule has 0 saturated heterocycles. The van der Waals surface area contributed by atoms with Crippen molar-refractivity contribution in [3.8, 4) is 0 Å². The van der Waals surface area contributed by atoms with Crippen LogP contribution in [0.4, 0.5) is 4.39 Å². The molecule has 1 N–H and O–H groups in total. The lowest BCUT2D eigenvalue weighted by molar-refractivity contribution is 0.571. The van der Waals surface area contributed by atoms with E-state index in [2.05, 4.69) is 14.9 Å². The highest BCUT2D eigenvalue weighted by Crippen LogP contribution is 2.17. The summed E-state index contributed by atoms with van der Waals surface area (Å²) >= 11 is 5.72. The zero-order chi connectivity index (χ0) is 14.8. The number of hydrogen-bond donors (Lipinski definition) is 1. The molecule has 0 spiro atoms. The maximum atomic E-state index is 13.5. The first-order valence-corrected chi connectivity index (χ1v) is 7.64. The Bertz CT molecular complexity index is 717. The van der Waals surface area contributed by atoms with E-state index in [0.29, 0.717) is 5.82 Å². The predicted molar refractivity (Wildman–Crippen MR) is 71.9 cm³/mol. The van der Waals surface area contributed by atoms with Crippen molar-refractivity contribution in [3.63, 3.8) is 0 Å². The summed E-state index contributed by atoms with van der Waals surface area (Å²) in [5, 5.41) is 7.66. The molecule has 1 heterocycles. The molecular formula is C11H12ClFN4O2S. The van der Waals surface area contributed by atoms with Crippen LogP contribution in [0, 0.1) is 5.82 Å². The first-order chi connectivity index (χ1) is 9.37. The standard InChI is InChI=1S/C11H12ClFN4O2S/c1-17-7-14-16-11(17)5-15-20(18,19)6-8-4-9(12)2-3-10(8)13/h2-4,7,15H,5-6H2,1H3. The van der Waals surface area contributed by atoms with Crippen molar-refractivity contribution in [2.24, 2.45) is 7.05 Å². The number of sulfonamides is 1. The van der Waals surface area contributed by atoms with Crippen LogP contribution in [0.2, 0.25) is 5.02 Å². The maximum Gasteiger partial charge on any atom is 0.216 e. The van der Waals surface area contributed by atoms with Gasteiger partial charge in [0.05, 0.1) is 12.3 Å². The molecule has 1 aromatic carbocycles. The van der Waals surface area contributed by atoms with Crippen molar-refractivity contribution < 1.29 is 12.8 Å². The van der Waals surface area contributed by atoms with E-state index >= 15 is 0 Å². The number of nitrogens with zero attached hydrogens (tertiary/aromatic N) is 3. The zero-order valence-corrected chi connectivity index (χ0v) is 12.1. The second-order valence-electron chi connectivity index (χ2n) is 4.17. The highest BCUT2D eigenvalue weighted by Gasteiger charge is 2.16. The summed E-state index contributed by atoms with van der Waals surface area (Å²) in [4.78, 5) is 0. The monoisotopic (exact) mass is 318 g/mol. The largest absolute Gasteiger partial charge is 0.320 e. The van der Waals surface area contributed by atoms with E-state index in [4.69, 9.17) is 11.6 Å². The third-order valence-electron chi connectivity index (χ3n) is 2.61. The fourth-order valence-corrected chi connectivity index (χ4v) is 2.83. The minimum absolute atomic E-state index is 0.0129. The SMILES string of the molecule is Cn1cnnc1CNS(=O)(=O)Cc1cc(Cl)ccc1F. The van der Waals surface area contributed by atoms with E-state index in [-0.39, 0.29) is 17.1 Å². The molecule has 2 rings (SSSR count). The van der Waals surface area contributed by atoms with Crippen molar-refractivity contribution in [2.75, 3.05) is 0 Å². The average molecular weight is 319 g/mol. The Balaban J connectivity index is 2.08. The van der Waals surface area contributed by atoms with Gasteiger partial charge in [-0.1, -0.05) is 11.6 Å². The van der Waals surface area contributed by atoms with Gasteiger partial charge in [0.25, 0.3) is 0 Å². The van der Waals surface area contributed by atoms with Crippen molar-refractivity contribution in [1.82, 2.24) is 19.5 Å². The van der Waals surface area contributed by atoms with Gasteiger partial charge in [0, 0.05) is 17.6 Å². The van der Waals surface area contributed by atoms with Crippen LogP contribution in [0.25, 0.3) is 0 Å². The van der Waals surface area contributed by atoms with Gasteiger partial charge in [-0.25, -0.2) is 17.5 Å². The molecule has 0 fully saturated rings. The highest BCUT2D eigenvalue weighted by molar-refractivity contribution is 7.88. The summed E-state index contributed by atoms with van der Waals surface area (Å²) in [6.07, 6.45) is 1.46. The molecule has 0 saturated carbocycles. The van der Waals surface area contributed by atoms with Crippen LogP contribution in [0.15, 0.2) is 24.5 Å². The number of aryl methyl sites for hydroxylation is 1. The zero-order valence-electron chi connectivity index (χ0n) is 10.5. The summed E-state index contributed by atoms with van der Waals surface area (Å²) in [7, 11) is -2.00. The first kappa shape index (κ1) is 14.9. The smallest absolute Gasteiger partial charge is 0.216 e. The quantitative estimate of drug-likeness (QED) is 0.899. The summed E-state index contributed by atoms with van der Waals surface area (Å²) in [5.41, 5.74) is 0.0166. The van der Waals surface area contributed by atoms with Gasteiger partial charge in [0.15, 0.2) is 0 Å². The van der Waals surface area contributed by atoms with Crippen LogP contribution in [0.5, 0.6) is 0 Å². The number of hydrogen-bond acceptors (Lipinski definition) is 4. The van der Waals surface area contributed by atoms with Crippen LogP contribution in [-0.4, -0.2) is 23.2 Å². The molecule has 108 valence electrons. The Kier molecular flexibility index (Phi) is 4.36. The molecular weight excluding hydrogens is 307 g/mol. The van der Waals surface area contributed by atoms with Crippen LogP contribution < -0.4 is 4.72 Å².